The van der Waals surface area contributed by atoms with Crippen molar-refractivity contribution in [2.75, 3.05) is 12.3 Å². The Kier molecular flexibility index (Phi) is 4.21. The molecule has 1 aliphatic heterocycles. The number of fused-ring (bicyclic) bond motifs is 1. The average Bonchev–Trinajstić information content (AvgIpc) is 2.88. The van der Waals surface area contributed by atoms with E-state index in [9.17, 15) is 0 Å². The molecule has 1 nitrogen and oxygen atoms in total. The first-order valence-corrected chi connectivity index (χ1v) is 7.91. The van der Waals surface area contributed by atoms with Gasteiger partial charge >= 0.3 is 0 Å². The Labute approximate surface area is 119 Å². The molecule has 0 spiro atoms. The van der Waals surface area contributed by atoms with E-state index in [0.29, 0.717) is 6.04 Å². The summed E-state index contributed by atoms with van der Waals surface area (Å²) in [6.07, 6.45) is 2.36. The van der Waals surface area contributed by atoms with Gasteiger partial charge < -0.3 is 5.32 Å². The van der Waals surface area contributed by atoms with Gasteiger partial charge in [-0.05, 0) is 36.6 Å². The molecule has 0 aliphatic carbocycles. The van der Waals surface area contributed by atoms with Gasteiger partial charge in [0, 0.05) is 16.7 Å². The quantitative estimate of drug-likeness (QED) is 0.822. The van der Waals surface area contributed by atoms with Gasteiger partial charge in [0.05, 0.1) is 0 Å². The molecule has 1 heterocycles. The molecule has 2 heteroatoms. The van der Waals surface area contributed by atoms with Crippen LogP contribution in [-0.2, 0) is 6.42 Å². The van der Waals surface area contributed by atoms with Gasteiger partial charge in [0.25, 0.3) is 0 Å². The van der Waals surface area contributed by atoms with Crippen molar-refractivity contribution in [2.24, 2.45) is 0 Å². The first kappa shape index (κ1) is 12.8. The van der Waals surface area contributed by atoms with E-state index in [4.69, 9.17) is 0 Å². The smallest absolute Gasteiger partial charge is 0.0426 e. The summed E-state index contributed by atoms with van der Waals surface area (Å²) >= 11 is 1.97. The average molecular weight is 269 g/mol. The van der Waals surface area contributed by atoms with E-state index in [1.807, 2.05) is 11.8 Å². The van der Waals surface area contributed by atoms with Gasteiger partial charge in [0.1, 0.15) is 0 Å². The van der Waals surface area contributed by atoms with Crippen LogP contribution in [0.2, 0.25) is 0 Å². The highest BCUT2D eigenvalue weighted by atomic mass is 32.2. The molecule has 2 aromatic rings. The fourth-order valence-corrected chi connectivity index (χ4v) is 3.74. The van der Waals surface area contributed by atoms with Crippen molar-refractivity contribution >= 4 is 11.8 Å². The van der Waals surface area contributed by atoms with Crippen molar-refractivity contribution < 1.29 is 0 Å². The zero-order valence-corrected chi connectivity index (χ0v) is 11.8. The van der Waals surface area contributed by atoms with E-state index in [0.717, 1.165) is 13.0 Å². The summed E-state index contributed by atoms with van der Waals surface area (Å²) in [5.41, 5.74) is 2.91. The second kappa shape index (κ2) is 6.27. The number of hydrogen-bond acceptors (Lipinski definition) is 2. The molecule has 19 heavy (non-hydrogen) atoms. The van der Waals surface area contributed by atoms with Crippen LogP contribution in [0.5, 0.6) is 0 Å². The van der Waals surface area contributed by atoms with Crippen LogP contribution in [-0.4, -0.2) is 12.3 Å². The molecule has 1 unspecified atom stereocenters. The molecule has 98 valence electrons. The van der Waals surface area contributed by atoms with Crippen molar-refractivity contribution in [2.45, 2.75) is 23.8 Å². The van der Waals surface area contributed by atoms with E-state index >= 15 is 0 Å². The molecule has 1 atom stereocenters. The normalized spacial score (nSPS) is 17.4. The SMILES string of the molecule is c1ccc(CCCNC2CSc3ccccc32)cc1. The maximum absolute atomic E-state index is 3.69. The molecule has 0 amide bonds. The van der Waals surface area contributed by atoms with E-state index < -0.39 is 0 Å². The van der Waals surface area contributed by atoms with Crippen molar-refractivity contribution in [3.63, 3.8) is 0 Å². The molecule has 3 rings (SSSR count). The summed E-state index contributed by atoms with van der Waals surface area (Å²) in [6, 6.07) is 20.0. The number of rotatable bonds is 5. The first-order chi connectivity index (χ1) is 9.43. The third-order valence-corrected chi connectivity index (χ3v) is 4.76. The second-order valence-electron chi connectivity index (χ2n) is 4.94. The Balaban J connectivity index is 1.47. The fourth-order valence-electron chi connectivity index (χ4n) is 2.55. The van der Waals surface area contributed by atoms with E-state index in [1.54, 1.807) is 0 Å². The zero-order valence-electron chi connectivity index (χ0n) is 11.0. The van der Waals surface area contributed by atoms with E-state index in [2.05, 4.69) is 59.9 Å². The van der Waals surface area contributed by atoms with Crippen LogP contribution in [0.1, 0.15) is 23.6 Å². The van der Waals surface area contributed by atoms with Gasteiger partial charge in [-0.3, -0.25) is 0 Å². The number of thioether (sulfide) groups is 1. The summed E-state index contributed by atoms with van der Waals surface area (Å²) in [6.45, 7) is 1.09. The zero-order chi connectivity index (χ0) is 12.9. The largest absolute Gasteiger partial charge is 0.309 e. The number of hydrogen-bond donors (Lipinski definition) is 1. The predicted octanol–water partition coefficient (Wildman–Crippen LogP) is 4.06. The van der Waals surface area contributed by atoms with E-state index in [-0.39, 0.29) is 0 Å². The van der Waals surface area contributed by atoms with Gasteiger partial charge in [-0.2, -0.15) is 0 Å². The van der Waals surface area contributed by atoms with Gasteiger partial charge in [0.15, 0.2) is 0 Å². The minimum Gasteiger partial charge on any atom is -0.309 e. The van der Waals surface area contributed by atoms with E-state index in [1.165, 1.54) is 28.2 Å². The lowest BCUT2D eigenvalue weighted by atomic mass is 10.1. The molecule has 0 aromatic heterocycles. The molecule has 0 saturated carbocycles. The maximum atomic E-state index is 3.69. The maximum Gasteiger partial charge on any atom is 0.0426 e. The molecular weight excluding hydrogens is 250 g/mol. The molecular formula is C17H19NS. The van der Waals surface area contributed by atoms with Crippen LogP contribution in [0, 0.1) is 0 Å². The van der Waals surface area contributed by atoms with Crippen molar-refractivity contribution in [1.82, 2.24) is 5.32 Å². The summed E-state index contributed by atoms with van der Waals surface area (Å²) in [5, 5.41) is 3.69. The molecule has 0 radical (unpaired) electrons. The van der Waals surface area contributed by atoms with Gasteiger partial charge in [-0.25, -0.2) is 0 Å². The Morgan fingerprint density at radius 3 is 2.68 bits per heavy atom. The van der Waals surface area contributed by atoms with Crippen LogP contribution in [0.15, 0.2) is 59.5 Å². The molecule has 0 saturated heterocycles. The summed E-state index contributed by atoms with van der Waals surface area (Å²) < 4.78 is 0. The number of nitrogens with one attached hydrogen (secondary N) is 1. The lowest BCUT2D eigenvalue weighted by molar-refractivity contribution is 0.566. The molecule has 0 fully saturated rings. The van der Waals surface area contributed by atoms with Crippen molar-refractivity contribution in [1.29, 1.82) is 0 Å². The van der Waals surface area contributed by atoms with Crippen LogP contribution >= 0.6 is 11.8 Å². The van der Waals surface area contributed by atoms with Gasteiger partial charge in [-0.15, -0.1) is 11.8 Å². The highest BCUT2D eigenvalue weighted by Gasteiger charge is 2.21. The standard InChI is InChI=1S/C17H19NS/c1-2-7-14(8-3-1)9-6-12-18-16-13-19-17-11-5-4-10-15(16)17/h1-5,7-8,10-11,16,18H,6,9,12-13H2. The second-order valence-corrected chi connectivity index (χ2v) is 6.01. The molecule has 1 N–H and O–H groups in total. The van der Waals surface area contributed by atoms with Crippen LogP contribution in [0.25, 0.3) is 0 Å². The minimum absolute atomic E-state index is 0.539. The lowest BCUT2D eigenvalue weighted by Gasteiger charge is -2.13. The Morgan fingerprint density at radius 2 is 1.79 bits per heavy atom. The van der Waals surface area contributed by atoms with Gasteiger partial charge in [0.2, 0.25) is 0 Å². The van der Waals surface area contributed by atoms with Gasteiger partial charge in [-0.1, -0.05) is 48.5 Å². The highest BCUT2D eigenvalue weighted by molar-refractivity contribution is 7.99. The monoisotopic (exact) mass is 269 g/mol. The topological polar surface area (TPSA) is 12.0 Å². The summed E-state index contributed by atoms with van der Waals surface area (Å²) in [5.74, 6) is 1.17. The van der Waals surface area contributed by atoms with Crippen molar-refractivity contribution in [3.8, 4) is 0 Å². The van der Waals surface area contributed by atoms with Crippen LogP contribution in [0.3, 0.4) is 0 Å². The van der Waals surface area contributed by atoms with Crippen LogP contribution in [0.4, 0.5) is 0 Å². The lowest BCUT2D eigenvalue weighted by Crippen LogP contribution is -2.22. The number of benzene rings is 2. The summed E-state index contributed by atoms with van der Waals surface area (Å²) in [7, 11) is 0. The fraction of sp³-hybridized carbons (Fsp3) is 0.294. The molecule has 0 bridgehead atoms. The molecule has 1 aliphatic rings. The van der Waals surface area contributed by atoms with Crippen molar-refractivity contribution in [3.05, 3.63) is 65.7 Å². The minimum atomic E-state index is 0.539. The third-order valence-electron chi connectivity index (χ3n) is 3.58. The highest BCUT2D eigenvalue weighted by Crippen LogP contribution is 2.37. The first-order valence-electron chi connectivity index (χ1n) is 6.92. The Bertz CT molecular complexity index is 524. The van der Waals surface area contributed by atoms with Crippen LogP contribution < -0.4 is 5.32 Å². The predicted molar refractivity (Wildman–Crippen MR) is 82.7 cm³/mol. The third kappa shape index (κ3) is 3.20. The molecule has 2 aromatic carbocycles. The summed E-state index contributed by atoms with van der Waals surface area (Å²) in [4.78, 5) is 1.45. The Hall–Kier alpha value is -1.25. The number of aryl methyl sites for hydroxylation is 1. The Morgan fingerprint density at radius 1 is 1.00 bits per heavy atom.